The van der Waals surface area contributed by atoms with Crippen LogP contribution in [0.2, 0.25) is 0 Å². The predicted molar refractivity (Wildman–Crippen MR) is 108 cm³/mol. The number of methoxy groups -OCH3 is 1. The van der Waals surface area contributed by atoms with Crippen LogP contribution in [0.3, 0.4) is 0 Å². The van der Waals surface area contributed by atoms with Crippen molar-refractivity contribution in [3.8, 4) is 0 Å². The first-order valence-electron chi connectivity index (χ1n) is 9.96. The Labute approximate surface area is 197 Å². The number of para-hydroxylation sites is 1. The Morgan fingerprint density at radius 2 is 1.34 bits per heavy atom. The molecule has 14 heteroatoms. The molecule has 1 aromatic carbocycles. The van der Waals surface area contributed by atoms with Crippen LogP contribution in [0.4, 0.5) is 18.9 Å². The van der Waals surface area contributed by atoms with E-state index >= 15 is 0 Å². The van der Waals surface area contributed by atoms with Crippen LogP contribution >= 0.6 is 0 Å². The van der Waals surface area contributed by atoms with Gasteiger partial charge in [0.15, 0.2) is 18.3 Å². The summed E-state index contributed by atoms with van der Waals surface area (Å²) in [5, 5.41) is 0. The lowest BCUT2D eigenvalue weighted by Gasteiger charge is -2.43. The number of halogens is 3. The summed E-state index contributed by atoms with van der Waals surface area (Å²) >= 11 is 0. The maximum Gasteiger partial charge on any atom is 0.468 e. The third kappa shape index (κ3) is 7.67. The van der Waals surface area contributed by atoms with Gasteiger partial charge in [0.1, 0.15) is 0 Å². The summed E-state index contributed by atoms with van der Waals surface area (Å²) < 4.78 is 71.3. The van der Waals surface area contributed by atoms with E-state index in [1.54, 1.807) is 6.07 Å². The Bertz CT molecular complexity index is 966. The molecule has 0 aromatic heterocycles. The summed E-state index contributed by atoms with van der Waals surface area (Å²) in [7, 11) is 0.934. The summed E-state index contributed by atoms with van der Waals surface area (Å²) in [4.78, 5) is 50.9. The average Bonchev–Trinajstić information content (AvgIpc) is 2.75. The number of nitrogens with zero attached hydrogens (tertiary/aromatic N) is 1. The number of hydrogen-bond donors (Lipinski definition) is 0. The Balaban J connectivity index is 2.59. The number of carbonyl (C=O) groups is 4. The van der Waals surface area contributed by atoms with Crippen molar-refractivity contribution in [1.29, 1.82) is 0 Å². The predicted octanol–water partition coefficient (Wildman–Crippen LogP) is 1.99. The van der Waals surface area contributed by atoms with Gasteiger partial charge in [-0.1, -0.05) is 18.2 Å². The largest absolute Gasteiger partial charge is 0.468 e. The van der Waals surface area contributed by atoms with Crippen molar-refractivity contribution < 1.29 is 60.8 Å². The zero-order valence-electron chi connectivity index (χ0n) is 18.9. The minimum absolute atomic E-state index is 0.140. The van der Waals surface area contributed by atoms with Crippen molar-refractivity contribution in [2.75, 3.05) is 7.11 Å². The summed E-state index contributed by atoms with van der Waals surface area (Å²) in [5.41, 5.74) is -0.140. The van der Waals surface area contributed by atoms with E-state index in [0.717, 1.165) is 27.9 Å². The van der Waals surface area contributed by atoms with Crippen molar-refractivity contribution >= 4 is 35.5 Å². The average molecular weight is 505 g/mol. The molecule has 0 saturated carbocycles. The first kappa shape index (κ1) is 27.6. The molecule has 0 aliphatic carbocycles. The van der Waals surface area contributed by atoms with E-state index in [4.69, 9.17) is 23.7 Å². The lowest BCUT2D eigenvalue weighted by molar-refractivity contribution is -0.288. The number of aliphatic imine (C=N–C) groups is 1. The van der Waals surface area contributed by atoms with Gasteiger partial charge in [-0.25, -0.2) is 9.79 Å². The molecule has 5 atom stereocenters. The normalized spacial score (nSPS) is 24.7. The fraction of sp³-hybridized carbons (Fsp3) is 0.476. The molecule has 2 unspecified atom stereocenters. The minimum Gasteiger partial charge on any atom is -0.467 e. The third-order valence-electron chi connectivity index (χ3n) is 4.29. The molecule has 1 aliphatic heterocycles. The second-order valence-electron chi connectivity index (χ2n) is 7.04. The van der Waals surface area contributed by atoms with Crippen molar-refractivity contribution in [3.05, 3.63) is 30.3 Å². The van der Waals surface area contributed by atoms with Crippen molar-refractivity contribution in [2.24, 2.45) is 4.99 Å². The van der Waals surface area contributed by atoms with Gasteiger partial charge in [0.05, 0.1) is 12.8 Å². The fourth-order valence-electron chi connectivity index (χ4n) is 3.06. The molecule has 0 radical (unpaired) electrons. The molecule has 35 heavy (non-hydrogen) atoms. The highest BCUT2D eigenvalue weighted by molar-refractivity contribution is 5.85. The number of rotatable bonds is 6. The first-order valence-corrected chi connectivity index (χ1v) is 9.96. The van der Waals surface area contributed by atoms with E-state index in [1.165, 1.54) is 24.3 Å². The van der Waals surface area contributed by atoms with Crippen molar-refractivity contribution in [3.63, 3.8) is 0 Å². The van der Waals surface area contributed by atoms with Gasteiger partial charge in [0.2, 0.25) is 12.4 Å². The molecule has 192 valence electrons. The van der Waals surface area contributed by atoms with Crippen LogP contribution < -0.4 is 0 Å². The molecule has 11 nitrogen and oxygen atoms in total. The molecule has 0 N–H and O–H groups in total. The number of carbonyl (C=O) groups excluding carboxylic acids is 4. The molecule has 1 fully saturated rings. The van der Waals surface area contributed by atoms with Gasteiger partial charge < -0.3 is 28.4 Å². The second-order valence-corrected chi connectivity index (χ2v) is 7.04. The number of esters is 4. The maximum atomic E-state index is 13.8. The maximum absolute atomic E-state index is 13.8. The van der Waals surface area contributed by atoms with Gasteiger partial charge in [-0.15, -0.1) is 0 Å². The topological polar surface area (TPSA) is 136 Å². The molecule has 1 saturated heterocycles. The highest BCUT2D eigenvalue weighted by Crippen LogP contribution is 2.32. The van der Waals surface area contributed by atoms with Gasteiger partial charge in [0.25, 0.3) is 5.90 Å². The molecular formula is C21H22F3NO10. The third-order valence-corrected chi connectivity index (χ3v) is 4.29. The van der Waals surface area contributed by atoms with Crippen LogP contribution in [0.1, 0.15) is 20.8 Å². The van der Waals surface area contributed by atoms with Crippen LogP contribution in [-0.4, -0.2) is 73.8 Å². The van der Waals surface area contributed by atoms with E-state index in [9.17, 15) is 32.3 Å². The number of alkyl halides is 3. The highest BCUT2D eigenvalue weighted by Gasteiger charge is 2.57. The van der Waals surface area contributed by atoms with Gasteiger partial charge >= 0.3 is 30.1 Å². The zero-order chi connectivity index (χ0) is 26.3. The van der Waals surface area contributed by atoms with Gasteiger partial charge in [-0.3, -0.25) is 14.4 Å². The van der Waals surface area contributed by atoms with Crippen LogP contribution in [0.15, 0.2) is 35.3 Å². The van der Waals surface area contributed by atoms with E-state index < -0.39 is 66.7 Å². The minimum atomic E-state index is -5.16. The monoisotopic (exact) mass is 505 g/mol. The first-order chi connectivity index (χ1) is 16.3. The van der Waals surface area contributed by atoms with Crippen molar-refractivity contribution in [2.45, 2.75) is 57.7 Å². The molecule has 2 rings (SSSR count). The van der Waals surface area contributed by atoms with Gasteiger partial charge in [0, 0.05) is 20.8 Å². The van der Waals surface area contributed by atoms with Crippen LogP contribution in [0.5, 0.6) is 0 Å². The SMILES string of the molecule is COC(=O)C1O[C@@H](O/C(=N/c2ccccc2)C(F)(F)F)C(OC(C)=O)[C@@H](OC(C)=O)[C@@H]1OC(C)=O. The molecule has 0 amide bonds. The van der Waals surface area contributed by atoms with E-state index in [1.807, 2.05) is 0 Å². The Morgan fingerprint density at radius 1 is 0.829 bits per heavy atom. The zero-order valence-corrected chi connectivity index (χ0v) is 18.9. The number of hydrogen-bond acceptors (Lipinski definition) is 11. The highest BCUT2D eigenvalue weighted by atomic mass is 19.4. The van der Waals surface area contributed by atoms with Gasteiger partial charge in [-0.05, 0) is 12.1 Å². The fourth-order valence-corrected chi connectivity index (χ4v) is 3.06. The lowest BCUT2D eigenvalue weighted by Crippen LogP contribution is -2.64. The summed E-state index contributed by atoms with van der Waals surface area (Å²) in [6.07, 6.45) is -14.8. The number of benzene rings is 1. The molecular weight excluding hydrogens is 483 g/mol. The quantitative estimate of drug-likeness (QED) is 0.244. The standard InChI is InChI=1S/C21H22F3NO10/c1-10(26)31-14-15(32-11(2)27)17(33-12(3)28)19(34-16(14)18(29)30-4)35-20(21(22,23)24)25-13-8-6-5-7-9-13/h5-9,14-17,19H,1-4H3/b25-20+/t14-,15-,16?,17?,19-/m0/s1. The second kappa shape index (κ2) is 11.6. The summed E-state index contributed by atoms with van der Waals surface area (Å²) in [6.45, 7) is 2.81. The van der Waals surface area contributed by atoms with Crippen molar-refractivity contribution in [1.82, 2.24) is 0 Å². The Hall–Kier alpha value is -3.68. The summed E-state index contributed by atoms with van der Waals surface area (Å²) in [6, 6.07) is 6.93. The summed E-state index contributed by atoms with van der Waals surface area (Å²) in [5.74, 6) is -6.01. The molecule has 1 aromatic rings. The molecule has 1 heterocycles. The van der Waals surface area contributed by atoms with Crippen LogP contribution in [0.25, 0.3) is 0 Å². The Kier molecular flexibility index (Phi) is 9.17. The van der Waals surface area contributed by atoms with E-state index in [-0.39, 0.29) is 5.69 Å². The smallest absolute Gasteiger partial charge is 0.467 e. The van der Waals surface area contributed by atoms with E-state index in [2.05, 4.69) is 9.73 Å². The molecule has 1 aliphatic rings. The van der Waals surface area contributed by atoms with Crippen LogP contribution in [0, 0.1) is 0 Å². The number of ether oxygens (including phenoxy) is 6. The Morgan fingerprint density at radius 3 is 1.83 bits per heavy atom. The van der Waals surface area contributed by atoms with Gasteiger partial charge in [-0.2, -0.15) is 13.2 Å². The molecule has 0 spiro atoms. The van der Waals surface area contributed by atoms with Crippen LogP contribution in [-0.2, 0) is 47.6 Å². The van der Waals surface area contributed by atoms with E-state index in [0.29, 0.717) is 0 Å². The lowest BCUT2D eigenvalue weighted by atomic mass is 9.97. The molecule has 0 bridgehead atoms.